The van der Waals surface area contributed by atoms with Crippen molar-refractivity contribution in [2.45, 2.75) is 51.3 Å². The minimum Gasteiger partial charge on any atom is -0.493 e. The Morgan fingerprint density at radius 2 is 1.88 bits per heavy atom. The van der Waals surface area contributed by atoms with E-state index in [9.17, 15) is 14.6 Å². The normalized spacial score (nSPS) is 15.2. The van der Waals surface area contributed by atoms with Gasteiger partial charge in [0.25, 0.3) is 0 Å². The summed E-state index contributed by atoms with van der Waals surface area (Å²) in [5.74, 6) is 0.249. The molecule has 0 aliphatic heterocycles. The lowest BCUT2D eigenvalue weighted by atomic mass is 9.83. The first-order chi connectivity index (χ1) is 15.9. The van der Waals surface area contributed by atoms with Crippen LogP contribution in [0, 0.1) is 10.8 Å². The van der Waals surface area contributed by atoms with Gasteiger partial charge in [0, 0.05) is 13.1 Å². The van der Waals surface area contributed by atoms with Crippen LogP contribution in [0.3, 0.4) is 0 Å². The molecule has 0 saturated heterocycles. The molecule has 0 bridgehead atoms. The van der Waals surface area contributed by atoms with Crippen LogP contribution >= 0.6 is 0 Å². The molecule has 11 nitrogen and oxygen atoms in total. The van der Waals surface area contributed by atoms with Gasteiger partial charge in [0.1, 0.15) is 11.6 Å². The molecule has 0 spiro atoms. The molecule has 2 amide bonds. The molecule has 1 aromatic rings. The lowest BCUT2D eigenvalue weighted by Gasteiger charge is -2.29. The second-order valence-electron chi connectivity index (χ2n) is 7.90. The number of nitrogens with two attached hydrogens (primary N) is 1. The molecule has 1 fully saturated rings. The summed E-state index contributed by atoms with van der Waals surface area (Å²) in [5.41, 5.74) is 4.88. The Labute approximate surface area is 194 Å². The molecule has 12 heteroatoms. The molecular weight excluding hydrogens is 429 g/mol. The van der Waals surface area contributed by atoms with E-state index in [-0.39, 0.29) is 18.4 Å². The standard InChI is InChI=1S/C21H34BN5O6/c1-31-15-8-7-14(12-16(15)32-2)13-26-18(28)21(9-3-4-10-21)19(29)27-17(33-22-30)6-5-11-25-20(23)24/h7-8,12,17,22,30H,3-6,9-11,13H2,1-2H3,(H,26,28)(H,27,29)(H4,23,24,25)/t17-/m1/s1. The van der Waals surface area contributed by atoms with E-state index in [1.165, 1.54) is 0 Å². The zero-order valence-electron chi connectivity index (χ0n) is 19.2. The first-order valence-electron chi connectivity index (χ1n) is 11.0. The number of guanidine groups is 1. The van der Waals surface area contributed by atoms with Gasteiger partial charge in [0.05, 0.1) is 14.2 Å². The van der Waals surface area contributed by atoms with E-state index in [1.54, 1.807) is 26.4 Å². The molecule has 7 N–H and O–H groups in total. The maximum Gasteiger partial charge on any atom is 0.436 e. The lowest BCUT2D eigenvalue weighted by molar-refractivity contribution is -0.145. The van der Waals surface area contributed by atoms with Crippen LogP contribution in [-0.4, -0.2) is 57.5 Å². The summed E-state index contributed by atoms with van der Waals surface area (Å²) in [6, 6.07) is 5.36. The Morgan fingerprint density at radius 1 is 1.18 bits per heavy atom. The summed E-state index contributed by atoms with van der Waals surface area (Å²) in [6.45, 7) is 0.662. The number of hydrogen-bond acceptors (Lipinski definition) is 7. The summed E-state index contributed by atoms with van der Waals surface area (Å²) in [4.78, 5) is 26.4. The lowest BCUT2D eigenvalue weighted by Crippen LogP contribution is -2.53. The van der Waals surface area contributed by atoms with E-state index in [0.29, 0.717) is 43.7 Å². The topological polar surface area (TPSA) is 168 Å². The molecule has 182 valence electrons. The molecule has 0 aromatic heterocycles. The molecule has 1 aliphatic carbocycles. The zero-order chi connectivity index (χ0) is 24.3. The average Bonchev–Trinajstić information content (AvgIpc) is 3.31. The predicted octanol–water partition coefficient (Wildman–Crippen LogP) is -0.139. The van der Waals surface area contributed by atoms with Crippen LogP contribution in [0.15, 0.2) is 18.2 Å². The van der Waals surface area contributed by atoms with Gasteiger partial charge >= 0.3 is 7.69 Å². The highest BCUT2D eigenvalue weighted by molar-refractivity contribution is 6.16. The van der Waals surface area contributed by atoms with Crippen LogP contribution in [-0.2, 0) is 20.8 Å². The van der Waals surface area contributed by atoms with Crippen molar-refractivity contribution in [3.8, 4) is 11.5 Å². The zero-order valence-corrected chi connectivity index (χ0v) is 19.2. The number of nitrogens with one attached hydrogen (secondary N) is 4. The van der Waals surface area contributed by atoms with Crippen molar-refractivity contribution in [1.29, 1.82) is 5.41 Å². The minimum absolute atomic E-state index is 0.144. The molecule has 1 aromatic carbocycles. The van der Waals surface area contributed by atoms with Crippen LogP contribution in [0.1, 0.15) is 44.1 Å². The van der Waals surface area contributed by atoms with Crippen molar-refractivity contribution < 1.29 is 28.7 Å². The van der Waals surface area contributed by atoms with Crippen molar-refractivity contribution in [2.75, 3.05) is 20.8 Å². The fourth-order valence-corrected chi connectivity index (χ4v) is 3.96. The van der Waals surface area contributed by atoms with E-state index in [1.807, 2.05) is 6.07 Å². The summed E-state index contributed by atoms with van der Waals surface area (Å²) in [5, 5.41) is 24.7. The van der Waals surface area contributed by atoms with Gasteiger partial charge in [-0.3, -0.25) is 15.0 Å². The van der Waals surface area contributed by atoms with Gasteiger partial charge in [0.2, 0.25) is 11.8 Å². The maximum absolute atomic E-state index is 13.2. The fourth-order valence-electron chi connectivity index (χ4n) is 3.96. The number of carbonyl (C=O) groups excluding carboxylic acids is 2. The maximum atomic E-state index is 13.2. The Kier molecular flexibility index (Phi) is 10.3. The van der Waals surface area contributed by atoms with Gasteiger partial charge < -0.3 is 40.8 Å². The number of amides is 2. The van der Waals surface area contributed by atoms with E-state index < -0.39 is 25.2 Å². The molecule has 1 atom stereocenters. The summed E-state index contributed by atoms with van der Waals surface area (Å²) < 4.78 is 15.8. The second-order valence-corrected chi connectivity index (χ2v) is 7.90. The minimum atomic E-state index is -1.19. The van der Waals surface area contributed by atoms with Gasteiger partial charge in [0.15, 0.2) is 17.5 Å². The SMILES string of the molecule is COc1ccc(CNC(=O)C2(C(=O)N[C@@H](CCCNC(=N)N)OBO)CCCC2)cc1OC. The molecule has 2 rings (SSSR count). The largest absolute Gasteiger partial charge is 0.493 e. The highest BCUT2D eigenvalue weighted by Gasteiger charge is 2.48. The quantitative estimate of drug-likeness (QED) is 0.0587. The monoisotopic (exact) mass is 463 g/mol. The van der Waals surface area contributed by atoms with Gasteiger partial charge in [-0.25, -0.2) is 0 Å². The number of rotatable bonds is 13. The van der Waals surface area contributed by atoms with E-state index in [4.69, 9.17) is 25.3 Å². The highest BCUT2D eigenvalue weighted by Crippen LogP contribution is 2.39. The van der Waals surface area contributed by atoms with Gasteiger partial charge in [-0.2, -0.15) is 0 Å². The number of benzene rings is 1. The van der Waals surface area contributed by atoms with Crippen LogP contribution in [0.4, 0.5) is 0 Å². The first kappa shape index (κ1) is 26.3. The van der Waals surface area contributed by atoms with Crippen molar-refractivity contribution in [3.05, 3.63) is 23.8 Å². The Morgan fingerprint density at radius 3 is 2.48 bits per heavy atom. The summed E-state index contributed by atoms with van der Waals surface area (Å²) in [7, 11) is 2.53. The van der Waals surface area contributed by atoms with Crippen LogP contribution in [0.5, 0.6) is 11.5 Å². The first-order valence-corrected chi connectivity index (χ1v) is 11.0. The highest BCUT2D eigenvalue weighted by atomic mass is 16.5. The summed E-state index contributed by atoms with van der Waals surface area (Å²) >= 11 is 0. The van der Waals surface area contributed by atoms with Crippen LogP contribution in [0.25, 0.3) is 0 Å². The van der Waals surface area contributed by atoms with Crippen LogP contribution < -0.4 is 31.2 Å². The number of methoxy groups -OCH3 is 2. The van der Waals surface area contributed by atoms with Crippen molar-refractivity contribution in [2.24, 2.45) is 11.1 Å². The number of hydrogen-bond donors (Lipinski definition) is 6. The third-order valence-corrected chi connectivity index (χ3v) is 5.75. The molecule has 0 heterocycles. The number of ether oxygens (including phenoxy) is 2. The van der Waals surface area contributed by atoms with E-state index >= 15 is 0 Å². The average molecular weight is 463 g/mol. The second kappa shape index (κ2) is 12.9. The fraction of sp³-hybridized carbons (Fsp3) is 0.571. The predicted molar refractivity (Wildman–Crippen MR) is 124 cm³/mol. The van der Waals surface area contributed by atoms with E-state index in [2.05, 4.69) is 16.0 Å². The molecule has 0 radical (unpaired) electrons. The van der Waals surface area contributed by atoms with Gasteiger partial charge in [-0.05, 0) is 43.4 Å². The molecule has 33 heavy (non-hydrogen) atoms. The van der Waals surface area contributed by atoms with Crippen molar-refractivity contribution in [3.63, 3.8) is 0 Å². The molecule has 0 unspecified atom stereocenters. The van der Waals surface area contributed by atoms with Crippen molar-refractivity contribution >= 4 is 25.5 Å². The molecule has 1 aliphatic rings. The van der Waals surface area contributed by atoms with Crippen molar-refractivity contribution in [1.82, 2.24) is 16.0 Å². The van der Waals surface area contributed by atoms with Gasteiger partial charge in [-0.15, -0.1) is 0 Å². The Balaban J connectivity index is 2.02. The smallest absolute Gasteiger partial charge is 0.436 e. The van der Waals surface area contributed by atoms with Crippen LogP contribution in [0.2, 0.25) is 0 Å². The Bertz CT molecular complexity index is 818. The Hall–Kier alpha value is -2.99. The molecule has 1 saturated carbocycles. The summed E-state index contributed by atoms with van der Waals surface area (Å²) in [6.07, 6.45) is 2.59. The third-order valence-electron chi connectivity index (χ3n) is 5.75. The molecular formula is C21H34BN5O6. The number of carbonyl (C=O) groups is 2. The third kappa shape index (κ3) is 7.26. The van der Waals surface area contributed by atoms with Gasteiger partial charge in [-0.1, -0.05) is 18.9 Å². The van der Waals surface area contributed by atoms with E-state index in [0.717, 1.165) is 18.4 Å².